The lowest BCUT2D eigenvalue weighted by atomic mass is 9.98. The number of carbonyl (C=O) groups is 1. The van der Waals surface area contributed by atoms with Crippen molar-refractivity contribution in [1.29, 1.82) is 0 Å². The second kappa shape index (κ2) is 6.28. The lowest BCUT2D eigenvalue weighted by molar-refractivity contribution is -0.147. The van der Waals surface area contributed by atoms with Crippen LogP contribution in [0.2, 0.25) is 0 Å². The van der Waals surface area contributed by atoms with E-state index in [9.17, 15) is 4.79 Å². The Morgan fingerprint density at radius 3 is 2.24 bits per heavy atom. The molecular weight excluding hydrogens is 216 g/mol. The minimum atomic E-state index is -0.150. The van der Waals surface area contributed by atoms with Crippen LogP contribution in [-0.2, 0) is 9.53 Å². The van der Waals surface area contributed by atoms with Crippen LogP contribution in [0.15, 0.2) is 24.3 Å². The molecule has 3 heteroatoms. The Labute approximate surface area is 103 Å². The molecule has 0 aliphatic rings. The molecule has 0 bridgehead atoms. The van der Waals surface area contributed by atoms with E-state index in [1.807, 2.05) is 45.0 Å². The Bertz CT molecular complexity index is 354. The summed E-state index contributed by atoms with van der Waals surface area (Å²) in [7, 11) is 1.64. The van der Waals surface area contributed by atoms with Gasteiger partial charge in [0.25, 0.3) is 0 Å². The number of esters is 1. The Morgan fingerprint density at radius 2 is 1.76 bits per heavy atom. The molecule has 0 fully saturated rings. The number of rotatable bonds is 5. The predicted molar refractivity (Wildman–Crippen MR) is 67.3 cm³/mol. The molecule has 3 nitrogen and oxygen atoms in total. The van der Waals surface area contributed by atoms with Crippen molar-refractivity contribution in [2.24, 2.45) is 0 Å². The molecule has 0 saturated carbocycles. The highest BCUT2D eigenvalue weighted by Gasteiger charge is 2.13. The van der Waals surface area contributed by atoms with Crippen molar-refractivity contribution in [3.05, 3.63) is 29.8 Å². The van der Waals surface area contributed by atoms with E-state index >= 15 is 0 Å². The molecule has 0 N–H and O–H groups in total. The quantitative estimate of drug-likeness (QED) is 0.737. The third kappa shape index (κ3) is 4.47. The molecule has 0 aliphatic carbocycles. The molecule has 0 aliphatic heterocycles. The van der Waals surface area contributed by atoms with Gasteiger partial charge in [0.1, 0.15) is 5.75 Å². The summed E-state index contributed by atoms with van der Waals surface area (Å²) in [6.07, 6.45) is 0.357. The van der Waals surface area contributed by atoms with Gasteiger partial charge < -0.3 is 9.47 Å². The number of benzene rings is 1. The van der Waals surface area contributed by atoms with Gasteiger partial charge >= 0.3 is 5.97 Å². The second-order valence-corrected chi connectivity index (χ2v) is 4.42. The van der Waals surface area contributed by atoms with Crippen LogP contribution in [0.4, 0.5) is 0 Å². The second-order valence-electron chi connectivity index (χ2n) is 4.42. The first-order chi connectivity index (χ1) is 8.02. The standard InChI is InChI=1S/C14H20O3/c1-10(2)17-14(15)9-11(3)12-5-7-13(16-4)8-6-12/h5-8,10-11H,9H2,1-4H3/t11-/m1/s1. The SMILES string of the molecule is COc1ccc([C@H](C)CC(=O)OC(C)C)cc1. The first kappa shape index (κ1) is 13.6. The highest BCUT2D eigenvalue weighted by atomic mass is 16.5. The monoisotopic (exact) mass is 236 g/mol. The zero-order chi connectivity index (χ0) is 12.8. The van der Waals surface area contributed by atoms with Crippen LogP contribution in [0, 0.1) is 0 Å². The maximum absolute atomic E-state index is 11.5. The molecule has 1 atom stereocenters. The molecule has 0 heterocycles. The fourth-order valence-corrected chi connectivity index (χ4v) is 1.61. The summed E-state index contributed by atoms with van der Waals surface area (Å²) in [5, 5.41) is 0. The summed E-state index contributed by atoms with van der Waals surface area (Å²) in [5.41, 5.74) is 1.12. The van der Waals surface area contributed by atoms with Crippen molar-refractivity contribution in [1.82, 2.24) is 0 Å². The van der Waals surface area contributed by atoms with Crippen LogP contribution in [0.25, 0.3) is 0 Å². The maximum Gasteiger partial charge on any atom is 0.306 e. The summed E-state index contributed by atoms with van der Waals surface area (Å²) < 4.78 is 10.2. The van der Waals surface area contributed by atoms with Gasteiger partial charge in [0.05, 0.1) is 19.6 Å². The van der Waals surface area contributed by atoms with Gasteiger partial charge in [-0.25, -0.2) is 0 Å². The van der Waals surface area contributed by atoms with Crippen molar-refractivity contribution in [2.75, 3.05) is 7.11 Å². The predicted octanol–water partition coefficient (Wildman–Crippen LogP) is 3.14. The molecule has 0 unspecified atom stereocenters. The molecule has 1 rings (SSSR count). The van der Waals surface area contributed by atoms with Crippen molar-refractivity contribution >= 4 is 5.97 Å². The number of methoxy groups -OCH3 is 1. The lowest BCUT2D eigenvalue weighted by Gasteiger charge is -2.13. The van der Waals surface area contributed by atoms with Gasteiger partial charge in [-0.1, -0.05) is 19.1 Å². The summed E-state index contributed by atoms with van der Waals surface area (Å²) in [6.45, 7) is 5.73. The summed E-state index contributed by atoms with van der Waals surface area (Å²) >= 11 is 0. The Hall–Kier alpha value is -1.51. The van der Waals surface area contributed by atoms with Gasteiger partial charge in [0.15, 0.2) is 0 Å². The number of hydrogen-bond acceptors (Lipinski definition) is 3. The van der Waals surface area contributed by atoms with Crippen LogP contribution in [0.1, 0.15) is 38.7 Å². The van der Waals surface area contributed by atoms with E-state index in [1.54, 1.807) is 7.11 Å². The van der Waals surface area contributed by atoms with Gasteiger partial charge in [-0.05, 0) is 37.5 Å². The highest BCUT2D eigenvalue weighted by molar-refractivity contribution is 5.70. The van der Waals surface area contributed by atoms with E-state index < -0.39 is 0 Å². The van der Waals surface area contributed by atoms with E-state index in [4.69, 9.17) is 9.47 Å². The van der Waals surface area contributed by atoms with E-state index in [0.717, 1.165) is 11.3 Å². The molecule has 0 amide bonds. The molecule has 0 radical (unpaired) electrons. The average molecular weight is 236 g/mol. The lowest BCUT2D eigenvalue weighted by Crippen LogP contribution is -2.13. The minimum Gasteiger partial charge on any atom is -0.497 e. The zero-order valence-corrected chi connectivity index (χ0v) is 10.9. The largest absolute Gasteiger partial charge is 0.497 e. The van der Waals surface area contributed by atoms with Gasteiger partial charge in [0, 0.05) is 0 Å². The Morgan fingerprint density at radius 1 is 1.18 bits per heavy atom. The third-order valence-corrected chi connectivity index (χ3v) is 2.52. The van der Waals surface area contributed by atoms with Crippen LogP contribution in [-0.4, -0.2) is 19.2 Å². The Kier molecular flexibility index (Phi) is 5.01. The summed E-state index contributed by atoms with van der Waals surface area (Å²) in [5.74, 6) is 0.834. The molecule has 1 aromatic carbocycles. The number of ether oxygens (including phenoxy) is 2. The van der Waals surface area contributed by atoms with Gasteiger partial charge in [-0.3, -0.25) is 4.79 Å². The molecule has 1 aromatic rings. The van der Waals surface area contributed by atoms with Crippen LogP contribution >= 0.6 is 0 Å². The van der Waals surface area contributed by atoms with Crippen LogP contribution < -0.4 is 4.74 Å². The minimum absolute atomic E-state index is 0.0504. The Balaban J connectivity index is 2.56. The van der Waals surface area contributed by atoms with E-state index in [2.05, 4.69) is 0 Å². The van der Waals surface area contributed by atoms with Gasteiger partial charge in [-0.15, -0.1) is 0 Å². The molecule has 17 heavy (non-hydrogen) atoms. The van der Waals surface area contributed by atoms with E-state index in [0.29, 0.717) is 6.42 Å². The van der Waals surface area contributed by atoms with Crippen molar-refractivity contribution in [3.63, 3.8) is 0 Å². The van der Waals surface area contributed by atoms with Gasteiger partial charge in [0.2, 0.25) is 0 Å². The first-order valence-electron chi connectivity index (χ1n) is 5.86. The average Bonchev–Trinajstić information content (AvgIpc) is 2.28. The molecular formula is C14H20O3. The molecule has 0 aromatic heterocycles. The normalized spacial score (nSPS) is 12.3. The first-order valence-corrected chi connectivity index (χ1v) is 5.86. The fraction of sp³-hybridized carbons (Fsp3) is 0.500. The smallest absolute Gasteiger partial charge is 0.306 e. The van der Waals surface area contributed by atoms with Crippen LogP contribution in [0.3, 0.4) is 0 Å². The molecule has 94 valence electrons. The number of carbonyl (C=O) groups excluding carboxylic acids is 1. The third-order valence-electron chi connectivity index (χ3n) is 2.52. The van der Waals surface area contributed by atoms with E-state index in [-0.39, 0.29) is 18.0 Å². The highest BCUT2D eigenvalue weighted by Crippen LogP contribution is 2.22. The number of hydrogen-bond donors (Lipinski definition) is 0. The van der Waals surface area contributed by atoms with Crippen molar-refractivity contribution in [3.8, 4) is 5.75 Å². The fourth-order valence-electron chi connectivity index (χ4n) is 1.61. The topological polar surface area (TPSA) is 35.5 Å². The van der Waals surface area contributed by atoms with Crippen LogP contribution in [0.5, 0.6) is 5.75 Å². The maximum atomic E-state index is 11.5. The molecule has 0 saturated heterocycles. The molecule has 0 spiro atoms. The van der Waals surface area contributed by atoms with E-state index in [1.165, 1.54) is 0 Å². The summed E-state index contributed by atoms with van der Waals surface area (Å²) in [6, 6.07) is 7.76. The zero-order valence-electron chi connectivity index (χ0n) is 10.9. The van der Waals surface area contributed by atoms with Gasteiger partial charge in [-0.2, -0.15) is 0 Å². The van der Waals surface area contributed by atoms with Crippen molar-refractivity contribution < 1.29 is 14.3 Å². The summed E-state index contributed by atoms with van der Waals surface area (Å²) in [4.78, 5) is 11.5. The van der Waals surface area contributed by atoms with Crippen molar-refractivity contribution in [2.45, 2.75) is 39.2 Å².